The Morgan fingerprint density at radius 1 is 1.38 bits per heavy atom. The van der Waals surface area contributed by atoms with Crippen LogP contribution in [0.5, 0.6) is 0 Å². The van der Waals surface area contributed by atoms with E-state index in [1.807, 2.05) is 29.7 Å². The summed E-state index contributed by atoms with van der Waals surface area (Å²) in [6, 6.07) is 3.97. The lowest BCUT2D eigenvalue weighted by Gasteiger charge is -2.26. The minimum absolute atomic E-state index is 0.0112. The third-order valence-electron chi connectivity index (χ3n) is 3.87. The minimum atomic E-state index is -0.886. The first-order valence-corrected chi connectivity index (χ1v) is 8.23. The molecule has 4 nitrogen and oxygen atoms in total. The van der Waals surface area contributed by atoms with E-state index in [-0.39, 0.29) is 11.9 Å². The van der Waals surface area contributed by atoms with Crippen LogP contribution in [0.15, 0.2) is 29.7 Å². The Labute approximate surface area is 128 Å². The second-order valence-electron chi connectivity index (χ2n) is 5.36. The van der Waals surface area contributed by atoms with Crippen molar-refractivity contribution in [3.63, 3.8) is 0 Å². The van der Waals surface area contributed by atoms with Crippen LogP contribution >= 0.6 is 11.3 Å². The average Bonchev–Trinajstić information content (AvgIpc) is 3.00. The Kier molecular flexibility index (Phi) is 5.56. The predicted molar refractivity (Wildman–Crippen MR) is 83.1 cm³/mol. The first-order chi connectivity index (χ1) is 10.1. The Balaban J connectivity index is 2.07. The molecule has 0 bridgehead atoms. The molecule has 0 radical (unpaired) electrons. The van der Waals surface area contributed by atoms with Crippen LogP contribution in [0.25, 0.3) is 0 Å². The highest BCUT2D eigenvalue weighted by atomic mass is 32.1. The molecule has 0 aromatic carbocycles. The van der Waals surface area contributed by atoms with E-state index in [1.54, 1.807) is 11.3 Å². The molecular weight excluding hydrogens is 286 g/mol. The van der Waals surface area contributed by atoms with Crippen molar-refractivity contribution in [1.82, 2.24) is 5.32 Å². The molecule has 114 valence electrons. The molecule has 0 fully saturated rings. The van der Waals surface area contributed by atoms with Crippen molar-refractivity contribution >= 4 is 23.2 Å². The number of amides is 1. The number of nitrogens with one attached hydrogen (secondary N) is 1. The summed E-state index contributed by atoms with van der Waals surface area (Å²) < 4.78 is 0. The van der Waals surface area contributed by atoms with E-state index in [0.717, 1.165) is 17.7 Å². The number of aliphatic carboxylic acids is 1. The van der Waals surface area contributed by atoms with Crippen molar-refractivity contribution in [2.24, 2.45) is 11.8 Å². The van der Waals surface area contributed by atoms with Crippen molar-refractivity contribution in [1.29, 1.82) is 0 Å². The topological polar surface area (TPSA) is 66.4 Å². The molecule has 1 amide bonds. The van der Waals surface area contributed by atoms with E-state index in [9.17, 15) is 14.7 Å². The second kappa shape index (κ2) is 7.41. The Bertz CT molecular complexity index is 510. The largest absolute Gasteiger partial charge is 0.481 e. The number of hydrogen-bond acceptors (Lipinski definition) is 3. The van der Waals surface area contributed by atoms with Gasteiger partial charge in [0.15, 0.2) is 0 Å². The molecule has 0 aliphatic heterocycles. The van der Waals surface area contributed by atoms with Crippen LogP contribution in [-0.2, 0) is 9.59 Å². The van der Waals surface area contributed by atoms with Gasteiger partial charge in [-0.25, -0.2) is 0 Å². The molecule has 1 unspecified atom stereocenters. The highest BCUT2D eigenvalue weighted by Crippen LogP contribution is 2.29. The average molecular weight is 307 g/mol. The number of carboxylic acids is 1. The highest BCUT2D eigenvalue weighted by Gasteiger charge is 2.34. The van der Waals surface area contributed by atoms with Gasteiger partial charge in [0.1, 0.15) is 0 Å². The lowest BCUT2D eigenvalue weighted by Crippen LogP contribution is -2.40. The molecule has 21 heavy (non-hydrogen) atoms. The van der Waals surface area contributed by atoms with Crippen molar-refractivity contribution in [2.45, 2.75) is 38.6 Å². The van der Waals surface area contributed by atoms with E-state index in [4.69, 9.17) is 0 Å². The molecule has 2 rings (SSSR count). The van der Waals surface area contributed by atoms with E-state index in [1.165, 1.54) is 0 Å². The van der Waals surface area contributed by atoms with Gasteiger partial charge in [-0.1, -0.05) is 31.6 Å². The van der Waals surface area contributed by atoms with E-state index < -0.39 is 17.8 Å². The zero-order chi connectivity index (χ0) is 15.2. The van der Waals surface area contributed by atoms with Gasteiger partial charge in [0, 0.05) is 4.88 Å². The van der Waals surface area contributed by atoms with Gasteiger partial charge in [0.2, 0.25) is 5.91 Å². The molecule has 5 heteroatoms. The number of allylic oxidation sites excluding steroid dienone is 2. The SMILES string of the molecule is CCCC(NC(=O)[C@@H]1CC=CC[C@@H]1C(=O)O)c1cccs1. The summed E-state index contributed by atoms with van der Waals surface area (Å²) in [6.07, 6.45) is 6.54. The third kappa shape index (κ3) is 3.94. The number of rotatable bonds is 6. The summed E-state index contributed by atoms with van der Waals surface area (Å²) in [6.45, 7) is 2.08. The second-order valence-corrected chi connectivity index (χ2v) is 6.34. The number of carbonyl (C=O) groups is 2. The Morgan fingerprint density at radius 2 is 2.10 bits per heavy atom. The van der Waals surface area contributed by atoms with Crippen molar-refractivity contribution < 1.29 is 14.7 Å². The molecule has 0 saturated carbocycles. The molecule has 0 saturated heterocycles. The van der Waals surface area contributed by atoms with Crippen LogP contribution < -0.4 is 5.32 Å². The summed E-state index contributed by atoms with van der Waals surface area (Å²) in [5.41, 5.74) is 0. The summed E-state index contributed by atoms with van der Waals surface area (Å²) in [5, 5.41) is 14.3. The Hall–Kier alpha value is -1.62. The molecular formula is C16H21NO3S. The summed E-state index contributed by atoms with van der Waals surface area (Å²) in [4.78, 5) is 24.9. The molecule has 0 spiro atoms. The quantitative estimate of drug-likeness (QED) is 0.792. The van der Waals surface area contributed by atoms with Crippen LogP contribution in [-0.4, -0.2) is 17.0 Å². The number of thiophene rings is 1. The minimum Gasteiger partial charge on any atom is -0.481 e. The summed E-state index contributed by atoms with van der Waals surface area (Å²) >= 11 is 1.62. The molecule has 1 aromatic rings. The zero-order valence-electron chi connectivity index (χ0n) is 12.1. The first kappa shape index (κ1) is 15.8. The molecule has 1 aliphatic carbocycles. The van der Waals surface area contributed by atoms with E-state index in [2.05, 4.69) is 12.2 Å². The number of carbonyl (C=O) groups excluding carboxylic acids is 1. The molecule has 3 atom stereocenters. The fraction of sp³-hybridized carbons (Fsp3) is 0.500. The third-order valence-corrected chi connectivity index (χ3v) is 4.85. The lowest BCUT2D eigenvalue weighted by atomic mass is 9.82. The maximum atomic E-state index is 12.5. The van der Waals surface area contributed by atoms with Crippen LogP contribution in [0.2, 0.25) is 0 Å². The first-order valence-electron chi connectivity index (χ1n) is 7.35. The van der Waals surface area contributed by atoms with Gasteiger partial charge in [0.05, 0.1) is 17.9 Å². The fourth-order valence-electron chi connectivity index (χ4n) is 2.72. The van der Waals surface area contributed by atoms with Gasteiger partial charge >= 0.3 is 5.97 Å². The smallest absolute Gasteiger partial charge is 0.307 e. The van der Waals surface area contributed by atoms with Crippen molar-refractivity contribution in [3.8, 4) is 0 Å². The normalized spacial score (nSPS) is 22.7. The molecule has 1 aliphatic rings. The van der Waals surface area contributed by atoms with Gasteiger partial charge in [-0.15, -0.1) is 11.3 Å². The monoisotopic (exact) mass is 307 g/mol. The predicted octanol–water partition coefficient (Wildman–Crippen LogP) is 3.37. The van der Waals surface area contributed by atoms with Gasteiger partial charge in [0.25, 0.3) is 0 Å². The molecule has 1 heterocycles. The maximum Gasteiger partial charge on any atom is 0.307 e. The van der Waals surface area contributed by atoms with Crippen LogP contribution in [0.3, 0.4) is 0 Å². The molecule has 1 aromatic heterocycles. The summed E-state index contributed by atoms with van der Waals surface area (Å²) in [5.74, 6) is -2.10. The van der Waals surface area contributed by atoms with Gasteiger partial charge < -0.3 is 10.4 Å². The number of carboxylic acid groups (broad SMARTS) is 1. The highest BCUT2D eigenvalue weighted by molar-refractivity contribution is 7.10. The standard InChI is InChI=1S/C16H21NO3S/c1-2-6-13(14-9-5-10-21-14)17-15(18)11-7-3-4-8-12(11)16(19)20/h3-5,9-13H,2,6-8H2,1H3,(H,17,18)(H,19,20)/t11-,12+,13?/m1/s1. The fourth-order valence-corrected chi connectivity index (χ4v) is 3.53. The van der Waals surface area contributed by atoms with Crippen molar-refractivity contribution in [2.75, 3.05) is 0 Å². The maximum absolute atomic E-state index is 12.5. The van der Waals surface area contributed by atoms with Gasteiger partial charge in [-0.3, -0.25) is 9.59 Å². The van der Waals surface area contributed by atoms with Crippen LogP contribution in [0.4, 0.5) is 0 Å². The zero-order valence-corrected chi connectivity index (χ0v) is 12.9. The van der Waals surface area contributed by atoms with Gasteiger partial charge in [-0.05, 0) is 30.7 Å². The summed E-state index contributed by atoms with van der Waals surface area (Å²) in [7, 11) is 0. The van der Waals surface area contributed by atoms with E-state index >= 15 is 0 Å². The molecule has 2 N–H and O–H groups in total. The lowest BCUT2D eigenvalue weighted by molar-refractivity contribution is -0.147. The van der Waals surface area contributed by atoms with Gasteiger partial charge in [-0.2, -0.15) is 0 Å². The number of hydrogen-bond donors (Lipinski definition) is 2. The van der Waals surface area contributed by atoms with Crippen molar-refractivity contribution in [3.05, 3.63) is 34.5 Å². The van der Waals surface area contributed by atoms with Crippen LogP contribution in [0, 0.1) is 11.8 Å². The van der Waals surface area contributed by atoms with Crippen LogP contribution in [0.1, 0.15) is 43.5 Å². The Morgan fingerprint density at radius 3 is 2.67 bits per heavy atom. The van der Waals surface area contributed by atoms with E-state index in [0.29, 0.717) is 12.8 Å².